The number of ketones is 2. The van der Waals surface area contributed by atoms with Gasteiger partial charge in [0.25, 0.3) is 0 Å². The van der Waals surface area contributed by atoms with Crippen molar-refractivity contribution in [1.29, 1.82) is 0 Å². The molecule has 2 spiro atoms. The smallest absolute Gasteiger partial charge is 0.410 e. The van der Waals surface area contributed by atoms with Crippen LogP contribution in [0.1, 0.15) is 82.8 Å². The molecule has 5 rings (SSSR count). The van der Waals surface area contributed by atoms with Crippen LogP contribution in [0.25, 0.3) is 0 Å². The largest absolute Gasteiger partial charge is 0.444 e. The number of Topliss-reactive ketones (excluding diaryl/α,β-unsaturated/α-hetero) is 2. The van der Waals surface area contributed by atoms with Gasteiger partial charge in [-0.1, -0.05) is 30.4 Å². The Balaban J connectivity index is 1.39. The Bertz CT molecular complexity index is 1230. The number of hydrogen-bond acceptors (Lipinski definition) is 9. The van der Waals surface area contributed by atoms with Crippen LogP contribution in [-0.4, -0.2) is 82.8 Å². The molecule has 10 nitrogen and oxygen atoms in total. The first-order chi connectivity index (χ1) is 19.5. The molecule has 3 heterocycles. The predicted octanol–water partition coefficient (Wildman–Crippen LogP) is 4.43. The second-order valence-corrected chi connectivity index (χ2v) is 12.8. The summed E-state index contributed by atoms with van der Waals surface area (Å²) >= 11 is 6.42. The minimum absolute atomic E-state index is 0.0805. The van der Waals surface area contributed by atoms with Gasteiger partial charge in [-0.15, -0.1) is 6.42 Å². The standard InChI is InChI=1S/C30H39ClN4O6/c1-5-20-19-34(27(38)41-28(2,3)4)14-9-15-35(20)23-18-22(31)32-26(33-23)24(36)21-10-8-12-29(25(21)37)11-6-7-13-30(29)39-16-17-40-30/h1,18,20-21H,6-17,19H2,2-4H3/t20-,21?,29-/m0/s1. The van der Waals surface area contributed by atoms with E-state index in [4.69, 9.17) is 32.2 Å². The number of anilines is 1. The van der Waals surface area contributed by atoms with Crippen LogP contribution in [0.2, 0.25) is 5.15 Å². The van der Waals surface area contributed by atoms with E-state index in [2.05, 4.69) is 15.9 Å². The molecule has 2 saturated carbocycles. The molecule has 2 aliphatic heterocycles. The van der Waals surface area contributed by atoms with Gasteiger partial charge in [-0.05, 0) is 52.9 Å². The third-order valence-electron chi connectivity index (χ3n) is 8.68. The Hall–Kier alpha value is -2.74. The zero-order valence-electron chi connectivity index (χ0n) is 24.1. The highest BCUT2D eigenvalue weighted by molar-refractivity contribution is 6.29. The summed E-state index contributed by atoms with van der Waals surface area (Å²) in [6.45, 7) is 7.51. The van der Waals surface area contributed by atoms with Gasteiger partial charge in [-0.2, -0.15) is 0 Å². The van der Waals surface area contributed by atoms with Crippen molar-refractivity contribution < 1.29 is 28.6 Å². The number of terminal acetylenes is 1. The quantitative estimate of drug-likeness (QED) is 0.220. The van der Waals surface area contributed by atoms with Crippen LogP contribution in [0.3, 0.4) is 0 Å². The van der Waals surface area contributed by atoms with Crippen LogP contribution in [0, 0.1) is 23.7 Å². The normalized spacial score (nSPS) is 28.4. The third kappa shape index (κ3) is 5.69. The van der Waals surface area contributed by atoms with Crippen molar-refractivity contribution in [3.05, 3.63) is 17.0 Å². The van der Waals surface area contributed by atoms with Crippen LogP contribution in [0.5, 0.6) is 0 Å². The van der Waals surface area contributed by atoms with Crippen molar-refractivity contribution >= 4 is 35.1 Å². The summed E-state index contributed by atoms with van der Waals surface area (Å²) in [7, 11) is 0. The fourth-order valence-electron chi connectivity index (χ4n) is 6.88. The van der Waals surface area contributed by atoms with Crippen molar-refractivity contribution in [2.75, 3.05) is 37.7 Å². The molecule has 0 aromatic carbocycles. The molecule has 1 unspecified atom stereocenters. The highest BCUT2D eigenvalue weighted by atomic mass is 35.5. The highest BCUT2D eigenvalue weighted by Crippen LogP contribution is 2.56. The second-order valence-electron chi connectivity index (χ2n) is 12.4. The van der Waals surface area contributed by atoms with Crippen LogP contribution < -0.4 is 4.90 Å². The van der Waals surface area contributed by atoms with Gasteiger partial charge in [0.2, 0.25) is 5.78 Å². The molecule has 0 bridgehead atoms. The molecule has 11 heteroatoms. The monoisotopic (exact) mass is 586 g/mol. The van der Waals surface area contributed by atoms with Crippen LogP contribution >= 0.6 is 11.6 Å². The lowest BCUT2D eigenvalue weighted by Gasteiger charge is -2.51. The summed E-state index contributed by atoms with van der Waals surface area (Å²) in [6.07, 6.45) is 11.0. The first-order valence-electron chi connectivity index (χ1n) is 14.6. The number of ether oxygens (including phenoxy) is 3. The fourth-order valence-corrected chi connectivity index (χ4v) is 7.05. The van der Waals surface area contributed by atoms with Gasteiger partial charge in [0.1, 0.15) is 22.6 Å². The molecule has 1 aromatic rings. The van der Waals surface area contributed by atoms with Gasteiger partial charge in [-0.3, -0.25) is 9.59 Å². The van der Waals surface area contributed by atoms with E-state index in [1.165, 1.54) is 0 Å². The van der Waals surface area contributed by atoms with Gasteiger partial charge in [0.15, 0.2) is 17.4 Å². The molecule has 4 aliphatic rings. The van der Waals surface area contributed by atoms with Gasteiger partial charge in [-0.25, -0.2) is 14.8 Å². The molecule has 2 saturated heterocycles. The second kappa shape index (κ2) is 11.5. The number of halogens is 1. The van der Waals surface area contributed by atoms with E-state index in [9.17, 15) is 14.4 Å². The van der Waals surface area contributed by atoms with Crippen molar-refractivity contribution in [3.63, 3.8) is 0 Å². The SMILES string of the molecule is C#C[C@H]1CN(C(=O)OC(C)(C)C)CCCN1c1cc(Cl)nc(C(=O)C2CCC[C@@]3(CCCCC34OCCO4)C2=O)n1. The number of nitrogens with zero attached hydrogens (tertiary/aromatic N) is 4. The summed E-state index contributed by atoms with van der Waals surface area (Å²) in [5.74, 6) is 0.605. The number of amides is 1. The first-order valence-corrected chi connectivity index (χ1v) is 15.0. The van der Waals surface area contributed by atoms with Crippen molar-refractivity contribution in [2.45, 2.75) is 89.6 Å². The lowest BCUT2D eigenvalue weighted by Crippen LogP contribution is -2.60. The summed E-state index contributed by atoms with van der Waals surface area (Å²) in [5.41, 5.74) is -1.47. The number of aromatic nitrogens is 2. The number of rotatable bonds is 3. The van der Waals surface area contributed by atoms with E-state index in [0.717, 1.165) is 12.8 Å². The Labute approximate surface area is 246 Å². The average Bonchev–Trinajstić information content (AvgIpc) is 3.28. The van der Waals surface area contributed by atoms with Gasteiger partial charge in [0, 0.05) is 25.6 Å². The Morgan fingerprint density at radius 2 is 1.80 bits per heavy atom. The fraction of sp³-hybridized carbons (Fsp3) is 0.700. The van der Waals surface area contributed by atoms with E-state index in [-0.39, 0.29) is 23.3 Å². The number of carbonyl (C=O) groups excluding carboxylic acids is 3. The third-order valence-corrected chi connectivity index (χ3v) is 8.87. The van der Waals surface area contributed by atoms with E-state index in [1.54, 1.807) is 11.0 Å². The molecule has 2 aliphatic carbocycles. The lowest BCUT2D eigenvalue weighted by molar-refractivity contribution is -0.255. The Morgan fingerprint density at radius 1 is 1.10 bits per heavy atom. The molecule has 1 aromatic heterocycles. The lowest BCUT2D eigenvalue weighted by atomic mass is 9.57. The summed E-state index contributed by atoms with van der Waals surface area (Å²) in [5, 5.41) is 0.0805. The highest BCUT2D eigenvalue weighted by Gasteiger charge is 2.63. The van der Waals surface area contributed by atoms with E-state index < -0.39 is 40.6 Å². The zero-order chi connectivity index (χ0) is 29.4. The molecule has 3 atom stereocenters. The van der Waals surface area contributed by atoms with Crippen molar-refractivity contribution in [3.8, 4) is 12.3 Å². The number of carbonyl (C=O) groups is 3. The van der Waals surface area contributed by atoms with Crippen molar-refractivity contribution in [1.82, 2.24) is 14.9 Å². The molecule has 222 valence electrons. The van der Waals surface area contributed by atoms with Crippen LogP contribution in [0.4, 0.5) is 10.6 Å². The number of fused-ring (bicyclic) bond motifs is 1. The van der Waals surface area contributed by atoms with E-state index in [0.29, 0.717) is 70.6 Å². The average molecular weight is 587 g/mol. The summed E-state index contributed by atoms with van der Waals surface area (Å²) in [4.78, 5) is 53.1. The minimum atomic E-state index is -0.951. The molecule has 0 radical (unpaired) electrons. The molecule has 0 N–H and O–H groups in total. The first kappa shape index (κ1) is 29.7. The maximum atomic E-state index is 14.1. The van der Waals surface area contributed by atoms with E-state index >= 15 is 0 Å². The maximum Gasteiger partial charge on any atom is 0.410 e. The summed E-state index contributed by atoms with van der Waals surface area (Å²) < 4.78 is 17.8. The molecule has 1 amide bonds. The number of hydrogen-bond donors (Lipinski definition) is 0. The topological polar surface area (TPSA) is 111 Å². The Morgan fingerprint density at radius 3 is 2.51 bits per heavy atom. The zero-order valence-corrected chi connectivity index (χ0v) is 24.9. The van der Waals surface area contributed by atoms with Gasteiger partial charge < -0.3 is 24.0 Å². The molecular formula is C30H39ClN4O6. The Kier molecular flexibility index (Phi) is 8.34. The molecule has 4 fully saturated rings. The van der Waals surface area contributed by atoms with E-state index in [1.807, 2.05) is 25.7 Å². The molecular weight excluding hydrogens is 548 g/mol. The maximum absolute atomic E-state index is 14.1. The minimum Gasteiger partial charge on any atom is -0.444 e. The predicted molar refractivity (Wildman–Crippen MR) is 152 cm³/mol. The summed E-state index contributed by atoms with van der Waals surface area (Å²) in [6, 6.07) is 1.03. The van der Waals surface area contributed by atoms with Crippen LogP contribution in [-0.2, 0) is 19.0 Å². The van der Waals surface area contributed by atoms with Crippen molar-refractivity contribution in [2.24, 2.45) is 11.3 Å². The van der Waals surface area contributed by atoms with Gasteiger partial charge in [0.05, 0.1) is 31.1 Å². The van der Waals surface area contributed by atoms with Crippen LogP contribution in [0.15, 0.2) is 6.07 Å². The molecule has 41 heavy (non-hydrogen) atoms. The van der Waals surface area contributed by atoms with Gasteiger partial charge >= 0.3 is 6.09 Å².